The van der Waals surface area contributed by atoms with Gasteiger partial charge in [-0.1, -0.05) is 45.0 Å². The molecule has 2 aromatic rings. The van der Waals surface area contributed by atoms with E-state index in [9.17, 15) is 14.4 Å². The fraction of sp³-hybridized carbons (Fsp3) is 0.348. The van der Waals surface area contributed by atoms with Crippen LogP contribution in [0.3, 0.4) is 0 Å². The first-order valence-corrected chi connectivity index (χ1v) is 9.48. The van der Waals surface area contributed by atoms with Gasteiger partial charge in [-0.15, -0.1) is 0 Å². The van der Waals surface area contributed by atoms with E-state index in [2.05, 4.69) is 36.1 Å². The first-order valence-electron chi connectivity index (χ1n) is 9.48. The second-order valence-electron chi connectivity index (χ2n) is 7.93. The quantitative estimate of drug-likeness (QED) is 0.735. The largest absolute Gasteiger partial charge is 0.465 e. The lowest BCUT2D eigenvalue weighted by Crippen LogP contribution is -2.44. The molecule has 2 aromatic carbocycles. The Balaban J connectivity index is 1.88. The van der Waals surface area contributed by atoms with Gasteiger partial charge < -0.3 is 15.4 Å². The third-order valence-electron chi connectivity index (χ3n) is 4.60. The summed E-state index contributed by atoms with van der Waals surface area (Å²) in [5.41, 5.74) is 2.94. The normalized spacial score (nSPS) is 12.0. The van der Waals surface area contributed by atoms with Gasteiger partial charge in [-0.2, -0.15) is 0 Å². The maximum absolute atomic E-state index is 12.4. The summed E-state index contributed by atoms with van der Waals surface area (Å²) in [4.78, 5) is 36.1. The lowest BCUT2D eigenvalue weighted by Gasteiger charge is -2.19. The highest BCUT2D eigenvalue weighted by atomic mass is 16.5. The van der Waals surface area contributed by atoms with Crippen LogP contribution in [-0.4, -0.2) is 30.9 Å². The van der Waals surface area contributed by atoms with Crippen LogP contribution < -0.4 is 10.6 Å². The maximum Gasteiger partial charge on any atom is 0.337 e. The Morgan fingerprint density at radius 3 is 2.00 bits per heavy atom. The zero-order chi connectivity index (χ0) is 21.6. The van der Waals surface area contributed by atoms with Gasteiger partial charge in [-0.3, -0.25) is 9.59 Å². The van der Waals surface area contributed by atoms with Crippen molar-refractivity contribution in [1.82, 2.24) is 10.6 Å². The molecule has 2 amide bonds. The first kappa shape index (κ1) is 22.1. The summed E-state index contributed by atoms with van der Waals surface area (Å²) >= 11 is 0. The van der Waals surface area contributed by atoms with Crippen molar-refractivity contribution in [2.24, 2.45) is 0 Å². The SMILES string of the molecule is COC(=O)c1ccc(CNC(=O)C(C)NC(=O)c2ccc(C(C)(C)C)cc2)cc1. The van der Waals surface area contributed by atoms with Gasteiger partial charge in [0.25, 0.3) is 5.91 Å². The summed E-state index contributed by atoms with van der Waals surface area (Å²) in [6.07, 6.45) is 0. The Kier molecular flexibility index (Phi) is 7.15. The molecule has 1 atom stereocenters. The van der Waals surface area contributed by atoms with Crippen LogP contribution in [0.2, 0.25) is 0 Å². The summed E-state index contributed by atoms with van der Waals surface area (Å²) < 4.78 is 4.65. The molecule has 6 nitrogen and oxygen atoms in total. The van der Waals surface area contributed by atoms with Gasteiger partial charge in [-0.05, 0) is 47.7 Å². The number of ether oxygens (including phenoxy) is 1. The molecule has 0 heterocycles. The lowest BCUT2D eigenvalue weighted by atomic mass is 9.86. The highest BCUT2D eigenvalue weighted by molar-refractivity contribution is 5.97. The van der Waals surface area contributed by atoms with Gasteiger partial charge >= 0.3 is 5.97 Å². The molecule has 0 aromatic heterocycles. The Hall–Kier alpha value is -3.15. The summed E-state index contributed by atoms with van der Waals surface area (Å²) in [6.45, 7) is 8.25. The van der Waals surface area contributed by atoms with E-state index in [1.54, 1.807) is 43.3 Å². The number of nitrogens with one attached hydrogen (secondary N) is 2. The molecule has 0 spiro atoms. The predicted octanol–water partition coefficient (Wildman–Crippen LogP) is 3.21. The zero-order valence-corrected chi connectivity index (χ0v) is 17.5. The van der Waals surface area contributed by atoms with Crippen LogP contribution in [0, 0.1) is 0 Å². The number of hydrogen-bond acceptors (Lipinski definition) is 4. The monoisotopic (exact) mass is 396 g/mol. The maximum atomic E-state index is 12.4. The van der Waals surface area contributed by atoms with E-state index in [1.807, 2.05) is 12.1 Å². The molecule has 1 unspecified atom stereocenters. The number of methoxy groups -OCH3 is 1. The van der Waals surface area contributed by atoms with E-state index in [-0.39, 0.29) is 17.2 Å². The molecule has 154 valence electrons. The molecule has 0 aliphatic heterocycles. The van der Waals surface area contributed by atoms with Crippen molar-refractivity contribution in [3.8, 4) is 0 Å². The molecule has 2 rings (SSSR count). The van der Waals surface area contributed by atoms with E-state index in [1.165, 1.54) is 7.11 Å². The fourth-order valence-corrected chi connectivity index (χ4v) is 2.69. The first-order chi connectivity index (χ1) is 13.6. The second kappa shape index (κ2) is 9.37. The van der Waals surface area contributed by atoms with E-state index in [4.69, 9.17) is 0 Å². The average molecular weight is 396 g/mol. The van der Waals surface area contributed by atoms with Crippen LogP contribution in [-0.2, 0) is 21.5 Å². The Bertz CT molecular complexity index is 865. The van der Waals surface area contributed by atoms with Crippen molar-refractivity contribution in [1.29, 1.82) is 0 Å². The van der Waals surface area contributed by atoms with E-state index >= 15 is 0 Å². The molecule has 6 heteroatoms. The van der Waals surface area contributed by atoms with Gasteiger partial charge in [0, 0.05) is 12.1 Å². The van der Waals surface area contributed by atoms with Crippen LogP contribution in [0.4, 0.5) is 0 Å². The lowest BCUT2D eigenvalue weighted by molar-refractivity contribution is -0.122. The summed E-state index contributed by atoms with van der Waals surface area (Å²) in [7, 11) is 1.32. The number of rotatable bonds is 6. The van der Waals surface area contributed by atoms with Crippen LogP contribution in [0.5, 0.6) is 0 Å². The van der Waals surface area contributed by atoms with E-state index in [0.717, 1.165) is 11.1 Å². The molecule has 0 saturated heterocycles. The smallest absolute Gasteiger partial charge is 0.337 e. The number of benzene rings is 2. The molecule has 2 N–H and O–H groups in total. The number of carbonyl (C=O) groups excluding carboxylic acids is 3. The molecule has 0 bridgehead atoms. The minimum atomic E-state index is -0.681. The zero-order valence-electron chi connectivity index (χ0n) is 17.5. The third kappa shape index (κ3) is 6.17. The second-order valence-corrected chi connectivity index (χ2v) is 7.93. The van der Waals surface area contributed by atoms with Crippen molar-refractivity contribution in [2.75, 3.05) is 7.11 Å². The third-order valence-corrected chi connectivity index (χ3v) is 4.60. The molecule has 0 fully saturated rings. The van der Waals surface area contributed by atoms with Crippen LogP contribution in [0.1, 0.15) is 59.5 Å². The molecule has 0 radical (unpaired) electrons. The minimum Gasteiger partial charge on any atom is -0.465 e. The van der Waals surface area contributed by atoms with Crippen molar-refractivity contribution in [3.05, 3.63) is 70.8 Å². The summed E-state index contributed by atoms with van der Waals surface area (Å²) in [6, 6.07) is 13.5. The van der Waals surface area contributed by atoms with Crippen molar-refractivity contribution in [3.63, 3.8) is 0 Å². The van der Waals surface area contributed by atoms with E-state index < -0.39 is 12.0 Å². The molecular formula is C23H28N2O4. The van der Waals surface area contributed by atoms with Crippen molar-refractivity contribution < 1.29 is 19.1 Å². The van der Waals surface area contributed by atoms with Crippen LogP contribution in [0.25, 0.3) is 0 Å². The van der Waals surface area contributed by atoms with Gasteiger partial charge in [0.05, 0.1) is 12.7 Å². The summed E-state index contributed by atoms with van der Waals surface area (Å²) in [5, 5.41) is 5.49. The van der Waals surface area contributed by atoms with E-state index in [0.29, 0.717) is 17.7 Å². The molecule has 0 saturated carbocycles. The number of amides is 2. The Morgan fingerprint density at radius 1 is 0.931 bits per heavy atom. The Labute approximate surface area is 171 Å². The molecule has 0 aliphatic carbocycles. The number of hydrogen-bond donors (Lipinski definition) is 2. The van der Waals surface area contributed by atoms with Crippen LogP contribution >= 0.6 is 0 Å². The van der Waals surface area contributed by atoms with Gasteiger partial charge in [-0.25, -0.2) is 4.79 Å². The average Bonchev–Trinajstić information content (AvgIpc) is 2.71. The topological polar surface area (TPSA) is 84.5 Å². The Morgan fingerprint density at radius 2 is 1.48 bits per heavy atom. The van der Waals surface area contributed by atoms with Gasteiger partial charge in [0.2, 0.25) is 5.91 Å². The van der Waals surface area contributed by atoms with Gasteiger partial charge in [0.15, 0.2) is 0 Å². The summed E-state index contributed by atoms with van der Waals surface area (Å²) in [5.74, 6) is -0.996. The predicted molar refractivity (Wildman–Crippen MR) is 112 cm³/mol. The highest BCUT2D eigenvalue weighted by Crippen LogP contribution is 2.22. The van der Waals surface area contributed by atoms with Crippen molar-refractivity contribution in [2.45, 2.75) is 45.7 Å². The fourth-order valence-electron chi connectivity index (χ4n) is 2.69. The van der Waals surface area contributed by atoms with Crippen LogP contribution in [0.15, 0.2) is 48.5 Å². The highest BCUT2D eigenvalue weighted by Gasteiger charge is 2.18. The molecular weight excluding hydrogens is 368 g/mol. The molecule has 0 aliphatic rings. The molecule has 29 heavy (non-hydrogen) atoms. The number of esters is 1. The van der Waals surface area contributed by atoms with Gasteiger partial charge in [0.1, 0.15) is 6.04 Å². The number of carbonyl (C=O) groups is 3. The van der Waals surface area contributed by atoms with Crippen molar-refractivity contribution >= 4 is 17.8 Å². The minimum absolute atomic E-state index is 0.0111. The standard InChI is InChI=1S/C23H28N2O4/c1-15(25-21(27)17-10-12-19(13-11-17)23(2,3)4)20(26)24-14-16-6-8-18(9-7-16)22(28)29-5/h6-13,15H,14H2,1-5H3,(H,24,26)(H,25,27).